The quantitative estimate of drug-likeness (QED) is 0.152. The maximum Gasteiger partial charge on any atom is 0.0540 e. The number of rotatable bonds is 6. The summed E-state index contributed by atoms with van der Waals surface area (Å²) in [7, 11) is 0. The summed E-state index contributed by atoms with van der Waals surface area (Å²) in [5, 5.41) is 7.79. The third-order valence-corrected chi connectivity index (χ3v) is 14.3. The van der Waals surface area contributed by atoms with E-state index in [-0.39, 0.29) is 5.41 Å². The van der Waals surface area contributed by atoms with Crippen LogP contribution >= 0.6 is 11.3 Å². The Hall–Kier alpha value is -7.26. The Labute approximate surface area is 360 Å². The molecule has 0 unspecified atom stereocenters. The van der Waals surface area contributed by atoms with Gasteiger partial charge in [-0.05, 0) is 120 Å². The van der Waals surface area contributed by atoms with Crippen molar-refractivity contribution < 1.29 is 0 Å². The highest BCUT2D eigenvalue weighted by Gasteiger charge is 2.36. The Morgan fingerprint density at radius 2 is 0.951 bits per heavy atom. The smallest absolute Gasteiger partial charge is 0.0540 e. The molecule has 0 N–H and O–H groups in total. The molecule has 1 aromatic heterocycles. The normalized spacial score (nSPS) is 12.9. The molecule has 10 aromatic carbocycles. The van der Waals surface area contributed by atoms with Crippen LogP contribution in [0.25, 0.3) is 86.2 Å². The standard InChI is InChI=1S/C59H41NS/c1-59(2)54-36-41(53-35-40-17-6-7-18-44(40)47-20-8-9-21-48(47)53)29-33-49(54)50-34-32-43(37-55(50)59)60(56-25-12-10-19-45(56)38-15-4-3-5-16-38)42-30-27-39(28-31-42)46-23-14-24-52-51-22-11-13-26-57(51)61-58(46)52/h3-37H,1-2H3. The molecule has 0 bridgehead atoms. The van der Waals surface area contributed by atoms with Crippen molar-refractivity contribution in [1.29, 1.82) is 0 Å². The Kier molecular flexibility index (Phi) is 8.13. The predicted molar refractivity (Wildman–Crippen MR) is 263 cm³/mol. The summed E-state index contributed by atoms with van der Waals surface area (Å²) in [5.41, 5.74) is 15.9. The van der Waals surface area contributed by atoms with Crippen molar-refractivity contribution in [2.24, 2.45) is 0 Å². The number of hydrogen-bond acceptors (Lipinski definition) is 2. The molecule has 1 heterocycles. The summed E-state index contributed by atoms with van der Waals surface area (Å²) in [5.74, 6) is 0. The molecule has 61 heavy (non-hydrogen) atoms. The molecule has 0 radical (unpaired) electrons. The van der Waals surface area contributed by atoms with Gasteiger partial charge in [0, 0.05) is 42.5 Å². The van der Waals surface area contributed by atoms with Gasteiger partial charge < -0.3 is 4.90 Å². The monoisotopic (exact) mass is 795 g/mol. The fourth-order valence-electron chi connectivity index (χ4n) is 10.0. The van der Waals surface area contributed by atoms with E-state index in [4.69, 9.17) is 0 Å². The highest BCUT2D eigenvalue weighted by Crippen LogP contribution is 2.53. The van der Waals surface area contributed by atoms with Crippen LogP contribution in [0.5, 0.6) is 0 Å². The molecule has 0 fully saturated rings. The second kappa shape index (κ2) is 13.9. The molecule has 0 saturated heterocycles. The first kappa shape index (κ1) is 35.7. The molecule has 1 aliphatic carbocycles. The van der Waals surface area contributed by atoms with Crippen LogP contribution in [0.15, 0.2) is 212 Å². The third kappa shape index (κ3) is 5.67. The molecule has 1 nitrogen and oxygen atoms in total. The van der Waals surface area contributed by atoms with Crippen molar-refractivity contribution in [3.05, 3.63) is 223 Å². The van der Waals surface area contributed by atoms with E-state index in [1.807, 2.05) is 11.3 Å². The number of nitrogens with zero attached hydrogens (tertiary/aromatic N) is 1. The topological polar surface area (TPSA) is 3.24 Å². The zero-order chi connectivity index (χ0) is 40.7. The maximum atomic E-state index is 2.46. The van der Waals surface area contributed by atoms with Gasteiger partial charge >= 0.3 is 0 Å². The number of thiophene rings is 1. The van der Waals surface area contributed by atoms with Crippen molar-refractivity contribution in [2.75, 3.05) is 4.90 Å². The van der Waals surface area contributed by atoms with E-state index in [1.165, 1.54) is 97.4 Å². The number of benzene rings is 10. The minimum Gasteiger partial charge on any atom is -0.310 e. The van der Waals surface area contributed by atoms with Gasteiger partial charge in [0.2, 0.25) is 0 Å². The van der Waals surface area contributed by atoms with Crippen molar-refractivity contribution in [3.63, 3.8) is 0 Å². The lowest BCUT2D eigenvalue weighted by Gasteiger charge is -2.30. The van der Waals surface area contributed by atoms with Crippen LogP contribution in [0, 0.1) is 0 Å². The molecule has 0 atom stereocenters. The van der Waals surface area contributed by atoms with E-state index < -0.39 is 0 Å². The van der Waals surface area contributed by atoms with Gasteiger partial charge in [-0.2, -0.15) is 0 Å². The highest BCUT2D eigenvalue weighted by atomic mass is 32.1. The molecule has 1 aliphatic rings. The molecule has 0 saturated carbocycles. The lowest BCUT2D eigenvalue weighted by atomic mass is 9.81. The van der Waals surface area contributed by atoms with Gasteiger partial charge in [-0.3, -0.25) is 0 Å². The van der Waals surface area contributed by atoms with E-state index in [9.17, 15) is 0 Å². The van der Waals surface area contributed by atoms with Gasteiger partial charge in [-0.1, -0.05) is 178 Å². The van der Waals surface area contributed by atoms with Gasteiger partial charge in [-0.25, -0.2) is 0 Å². The molecule has 0 spiro atoms. The first-order valence-electron chi connectivity index (χ1n) is 21.2. The fraction of sp³-hybridized carbons (Fsp3) is 0.0508. The number of hydrogen-bond donors (Lipinski definition) is 0. The second-order valence-corrected chi connectivity index (χ2v) is 17.9. The number of anilines is 3. The molecule has 2 heteroatoms. The van der Waals surface area contributed by atoms with Gasteiger partial charge in [0.15, 0.2) is 0 Å². The van der Waals surface area contributed by atoms with Gasteiger partial charge in [0.05, 0.1) is 5.69 Å². The summed E-state index contributed by atoms with van der Waals surface area (Å²) in [4.78, 5) is 2.46. The first-order valence-corrected chi connectivity index (χ1v) is 22.0. The Morgan fingerprint density at radius 3 is 1.79 bits per heavy atom. The summed E-state index contributed by atoms with van der Waals surface area (Å²) < 4.78 is 2.66. The Balaban J connectivity index is 0.988. The molecule has 288 valence electrons. The lowest BCUT2D eigenvalue weighted by molar-refractivity contribution is 0.660. The van der Waals surface area contributed by atoms with Crippen molar-refractivity contribution in [3.8, 4) is 44.5 Å². The summed E-state index contributed by atoms with van der Waals surface area (Å²) in [6, 6.07) is 78.6. The largest absolute Gasteiger partial charge is 0.310 e. The van der Waals surface area contributed by atoms with Crippen LogP contribution < -0.4 is 4.90 Å². The molecule has 0 aliphatic heterocycles. The van der Waals surface area contributed by atoms with Crippen molar-refractivity contribution >= 4 is 70.1 Å². The molecular formula is C59H41NS. The SMILES string of the molecule is CC1(C)c2cc(-c3cc4ccccc4c4ccccc34)ccc2-c2ccc(N(c3ccc(-c4cccc5c4sc4ccccc45)cc3)c3ccccc3-c3ccccc3)cc21. The van der Waals surface area contributed by atoms with E-state index in [1.54, 1.807) is 0 Å². The Morgan fingerprint density at radius 1 is 0.361 bits per heavy atom. The van der Waals surface area contributed by atoms with E-state index in [2.05, 4.69) is 231 Å². The average molecular weight is 796 g/mol. The average Bonchev–Trinajstić information content (AvgIpc) is 3.81. The molecular weight excluding hydrogens is 755 g/mol. The zero-order valence-electron chi connectivity index (χ0n) is 34.1. The third-order valence-electron chi connectivity index (χ3n) is 13.1. The van der Waals surface area contributed by atoms with Gasteiger partial charge in [0.1, 0.15) is 0 Å². The summed E-state index contributed by atoms with van der Waals surface area (Å²) in [6.07, 6.45) is 0. The van der Waals surface area contributed by atoms with Crippen molar-refractivity contribution in [2.45, 2.75) is 19.3 Å². The molecule has 11 aromatic rings. The highest BCUT2D eigenvalue weighted by molar-refractivity contribution is 7.26. The van der Waals surface area contributed by atoms with E-state index in [0.717, 1.165) is 17.1 Å². The minimum atomic E-state index is -0.221. The number of fused-ring (bicyclic) bond motifs is 9. The molecule has 0 amide bonds. The van der Waals surface area contributed by atoms with Crippen LogP contribution in [-0.2, 0) is 5.41 Å². The van der Waals surface area contributed by atoms with Crippen LogP contribution in [-0.4, -0.2) is 0 Å². The van der Waals surface area contributed by atoms with Crippen LogP contribution in [0.4, 0.5) is 17.1 Å². The predicted octanol–water partition coefficient (Wildman–Crippen LogP) is 17.1. The summed E-state index contributed by atoms with van der Waals surface area (Å²) in [6.45, 7) is 4.80. The van der Waals surface area contributed by atoms with Crippen LogP contribution in [0.2, 0.25) is 0 Å². The minimum absolute atomic E-state index is 0.221. The summed E-state index contributed by atoms with van der Waals surface area (Å²) >= 11 is 1.88. The first-order chi connectivity index (χ1) is 30.0. The van der Waals surface area contributed by atoms with Crippen LogP contribution in [0.1, 0.15) is 25.0 Å². The zero-order valence-corrected chi connectivity index (χ0v) is 34.9. The van der Waals surface area contributed by atoms with E-state index in [0.29, 0.717) is 0 Å². The van der Waals surface area contributed by atoms with E-state index >= 15 is 0 Å². The Bertz CT molecular complexity index is 3500. The van der Waals surface area contributed by atoms with Gasteiger partial charge in [0.25, 0.3) is 0 Å². The second-order valence-electron chi connectivity index (χ2n) is 16.9. The fourth-order valence-corrected chi connectivity index (χ4v) is 11.3. The molecule has 12 rings (SSSR count). The van der Waals surface area contributed by atoms with Crippen LogP contribution in [0.3, 0.4) is 0 Å². The number of para-hydroxylation sites is 1. The van der Waals surface area contributed by atoms with Crippen molar-refractivity contribution in [1.82, 2.24) is 0 Å². The van der Waals surface area contributed by atoms with Gasteiger partial charge in [-0.15, -0.1) is 11.3 Å². The lowest BCUT2D eigenvalue weighted by Crippen LogP contribution is -2.17. The maximum absolute atomic E-state index is 2.46.